The molecular weight excluding hydrogens is 1220 g/mol. The molecule has 8 aromatic heterocycles. The van der Waals surface area contributed by atoms with Crippen LogP contribution in [0.2, 0.25) is 0 Å². The van der Waals surface area contributed by atoms with Crippen LogP contribution in [0.5, 0.6) is 0 Å². The van der Waals surface area contributed by atoms with Gasteiger partial charge in [-0.15, -0.1) is 0 Å². The average Bonchev–Trinajstić information content (AvgIpc) is 1.56. The van der Waals surface area contributed by atoms with Gasteiger partial charge in [0.15, 0.2) is 5.82 Å². The smallest absolute Gasteiger partial charge is 0.235 e. The standard InChI is InChI=1S/2C45H29N5/c1-4-13-30(14-5-1)38-29-39(31-15-6-2-7-16-31)48-45(47-38)50-40-20-11-10-19-35(40)36-27-32(22-24-41(36)50)33-23-25-42-37(28-33)44-43(21-12-26-46-44)49(42)34-17-8-3-9-18-34;1-4-13-30(14-5-1)38-29-43(48-45(47-38)31-15-6-2-7-16-31)50-39-20-11-10-19-35(39)36-27-32(22-24-40(36)50)33-23-25-41-37(28-33)44-42(21-12-26-46-44)49(41)34-17-8-3-9-18-34/h2*1-29H. The van der Waals surface area contributed by atoms with Crippen LogP contribution >= 0.6 is 0 Å². The van der Waals surface area contributed by atoms with Gasteiger partial charge in [-0.2, -0.15) is 0 Å². The van der Waals surface area contributed by atoms with Crippen molar-refractivity contribution in [3.63, 3.8) is 0 Å². The Morgan fingerprint density at radius 3 is 0.990 bits per heavy atom. The maximum absolute atomic E-state index is 5.19. The predicted molar refractivity (Wildman–Crippen MR) is 410 cm³/mol. The van der Waals surface area contributed by atoms with Gasteiger partial charge in [0.2, 0.25) is 5.95 Å². The molecule has 0 aliphatic carbocycles. The summed E-state index contributed by atoms with van der Waals surface area (Å²) in [5, 5.41) is 6.91. The van der Waals surface area contributed by atoms with Crippen LogP contribution in [0.3, 0.4) is 0 Å². The molecule has 100 heavy (non-hydrogen) atoms. The van der Waals surface area contributed by atoms with Crippen molar-refractivity contribution < 1.29 is 0 Å². The Hall–Kier alpha value is -13.7. The molecule has 0 aliphatic heterocycles. The van der Waals surface area contributed by atoms with Crippen LogP contribution < -0.4 is 0 Å². The Morgan fingerprint density at radius 1 is 0.200 bits per heavy atom. The summed E-state index contributed by atoms with van der Waals surface area (Å²) < 4.78 is 9.07. The lowest BCUT2D eigenvalue weighted by Crippen LogP contribution is -2.03. The largest absolute Gasteiger partial charge is 0.308 e. The average molecular weight is 1280 g/mol. The van der Waals surface area contributed by atoms with Gasteiger partial charge in [0.25, 0.3) is 0 Å². The normalized spacial score (nSPS) is 11.6. The zero-order chi connectivity index (χ0) is 66.0. The lowest BCUT2D eigenvalue weighted by Gasteiger charge is -2.12. The van der Waals surface area contributed by atoms with Crippen molar-refractivity contribution in [3.8, 4) is 90.6 Å². The summed E-state index contributed by atoms with van der Waals surface area (Å²) in [5.41, 5.74) is 24.4. The molecule has 8 heterocycles. The topological polar surface area (TPSA) is 97.1 Å². The molecular formula is C90H58N10. The van der Waals surface area contributed by atoms with E-state index in [1.807, 2.05) is 97.3 Å². The number of nitrogens with zero attached hydrogens (tertiary/aromatic N) is 10. The van der Waals surface area contributed by atoms with Crippen molar-refractivity contribution in [1.29, 1.82) is 0 Å². The van der Waals surface area contributed by atoms with Crippen molar-refractivity contribution in [3.05, 3.63) is 352 Å². The van der Waals surface area contributed by atoms with Crippen molar-refractivity contribution in [2.75, 3.05) is 0 Å². The van der Waals surface area contributed by atoms with Gasteiger partial charge in [-0.25, -0.2) is 19.9 Å². The van der Waals surface area contributed by atoms with Crippen LogP contribution in [0.1, 0.15) is 0 Å². The Kier molecular flexibility index (Phi) is 14.0. The molecule has 10 nitrogen and oxygen atoms in total. The lowest BCUT2D eigenvalue weighted by atomic mass is 10.0. The second-order valence-corrected chi connectivity index (χ2v) is 25.1. The monoisotopic (exact) mass is 1280 g/mol. The van der Waals surface area contributed by atoms with E-state index in [4.69, 9.17) is 29.9 Å². The molecule has 20 aromatic rings. The van der Waals surface area contributed by atoms with Crippen LogP contribution in [0.4, 0.5) is 0 Å². The number of benzene rings is 12. The fraction of sp³-hybridized carbons (Fsp3) is 0. The van der Waals surface area contributed by atoms with E-state index in [0.29, 0.717) is 11.8 Å². The fourth-order valence-corrected chi connectivity index (χ4v) is 14.6. The Bertz CT molecular complexity index is 5990. The van der Waals surface area contributed by atoms with Crippen molar-refractivity contribution >= 4 is 87.5 Å². The van der Waals surface area contributed by atoms with E-state index in [1.54, 1.807) is 0 Å². The van der Waals surface area contributed by atoms with Crippen LogP contribution in [0.25, 0.3) is 178 Å². The zero-order valence-corrected chi connectivity index (χ0v) is 54.0. The number of aromatic nitrogens is 10. The highest BCUT2D eigenvalue weighted by molar-refractivity contribution is 6.14. The summed E-state index contributed by atoms with van der Waals surface area (Å²) >= 11 is 0. The molecule has 0 unspecified atom stereocenters. The maximum Gasteiger partial charge on any atom is 0.235 e. The highest BCUT2D eigenvalue weighted by Gasteiger charge is 2.22. The second kappa shape index (κ2) is 24.2. The van der Waals surface area contributed by atoms with Crippen LogP contribution in [0, 0.1) is 0 Å². The molecule has 12 aromatic carbocycles. The molecule has 0 atom stereocenters. The third-order valence-electron chi connectivity index (χ3n) is 19.2. The number of rotatable bonds is 10. The minimum atomic E-state index is 0.644. The summed E-state index contributed by atoms with van der Waals surface area (Å²) in [6.45, 7) is 0. The van der Waals surface area contributed by atoms with Gasteiger partial charge in [-0.3, -0.25) is 19.1 Å². The Labute approximate surface area is 575 Å². The minimum Gasteiger partial charge on any atom is -0.308 e. The van der Waals surface area contributed by atoms with E-state index in [-0.39, 0.29) is 0 Å². The summed E-state index contributed by atoms with van der Waals surface area (Å²) in [6.07, 6.45) is 3.76. The number of para-hydroxylation sites is 4. The fourth-order valence-electron chi connectivity index (χ4n) is 14.6. The summed E-state index contributed by atoms with van der Waals surface area (Å²) in [4.78, 5) is 30.3. The molecule has 0 aliphatic rings. The number of hydrogen-bond acceptors (Lipinski definition) is 6. The Balaban J connectivity index is 0.000000139. The van der Waals surface area contributed by atoms with E-state index < -0.39 is 0 Å². The summed E-state index contributed by atoms with van der Waals surface area (Å²) in [5.74, 6) is 2.17. The number of fused-ring (bicyclic) bond motifs is 12. The Morgan fingerprint density at radius 2 is 0.540 bits per heavy atom. The first-order valence-corrected chi connectivity index (χ1v) is 33.6. The first-order valence-electron chi connectivity index (χ1n) is 33.6. The maximum atomic E-state index is 5.19. The molecule has 20 rings (SSSR count). The lowest BCUT2D eigenvalue weighted by molar-refractivity contribution is 0.995. The first-order chi connectivity index (χ1) is 49.6. The third-order valence-corrected chi connectivity index (χ3v) is 19.2. The molecule has 10 heteroatoms. The van der Waals surface area contributed by atoms with E-state index in [0.717, 1.165) is 155 Å². The molecule has 0 amide bonds. The summed E-state index contributed by atoms with van der Waals surface area (Å²) in [6, 6.07) is 119. The molecule has 468 valence electrons. The van der Waals surface area contributed by atoms with Crippen LogP contribution in [0.15, 0.2) is 352 Å². The molecule has 0 radical (unpaired) electrons. The van der Waals surface area contributed by atoms with Crippen LogP contribution in [-0.4, -0.2) is 48.2 Å². The minimum absolute atomic E-state index is 0.644. The van der Waals surface area contributed by atoms with E-state index in [1.165, 1.54) is 10.8 Å². The molecule has 0 bridgehead atoms. The number of hydrogen-bond donors (Lipinski definition) is 0. The molecule has 0 saturated carbocycles. The van der Waals surface area contributed by atoms with E-state index in [9.17, 15) is 0 Å². The SMILES string of the molecule is c1ccc(-c2cc(-c3ccccc3)nc(-n3c4ccccc4c4cc(-c5ccc6c(c5)c5ncccc5n6-c5ccccc5)ccc43)n2)cc1.c1ccc(-c2cc(-n3c4ccccc4c4cc(-c5ccc6c(c5)c5ncccc5n6-c5ccccc5)ccc43)nc(-c3ccccc3)n2)cc1. The van der Waals surface area contributed by atoms with Crippen molar-refractivity contribution in [1.82, 2.24) is 48.2 Å². The molecule has 0 fully saturated rings. The van der Waals surface area contributed by atoms with Gasteiger partial charge >= 0.3 is 0 Å². The third kappa shape index (κ3) is 9.96. The molecule has 0 N–H and O–H groups in total. The molecule has 0 saturated heterocycles. The van der Waals surface area contributed by atoms with Gasteiger partial charge in [0.05, 0.1) is 72.2 Å². The van der Waals surface area contributed by atoms with E-state index in [2.05, 4.69) is 273 Å². The molecule has 0 spiro atoms. The van der Waals surface area contributed by atoms with Gasteiger partial charge in [0, 0.05) is 84.4 Å². The highest BCUT2D eigenvalue weighted by Crippen LogP contribution is 2.41. The number of pyridine rings is 2. The second-order valence-electron chi connectivity index (χ2n) is 25.1. The summed E-state index contributed by atoms with van der Waals surface area (Å²) in [7, 11) is 0. The zero-order valence-electron chi connectivity index (χ0n) is 54.0. The van der Waals surface area contributed by atoms with E-state index >= 15 is 0 Å². The van der Waals surface area contributed by atoms with Gasteiger partial charge < -0.3 is 9.13 Å². The first kappa shape index (κ1) is 57.7. The van der Waals surface area contributed by atoms with Crippen molar-refractivity contribution in [2.45, 2.75) is 0 Å². The van der Waals surface area contributed by atoms with Crippen molar-refractivity contribution in [2.24, 2.45) is 0 Å². The van der Waals surface area contributed by atoms with Gasteiger partial charge in [-0.05, 0) is 138 Å². The van der Waals surface area contributed by atoms with Crippen LogP contribution in [-0.2, 0) is 0 Å². The van der Waals surface area contributed by atoms with Gasteiger partial charge in [-0.1, -0.05) is 218 Å². The quantitative estimate of drug-likeness (QED) is 0.135. The highest BCUT2D eigenvalue weighted by atomic mass is 15.2. The predicted octanol–water partition coefficient (Wildman–Crippen LogP) is 22.1. The van der Waals surface area contributed by atoms with Gasteiger partial charge in [0.1, 0.15) is 5.82 Å².